The molecule has 1 aliphatic heterocycles. The first-order valence-electron chi connectivity index (χ1n) is 9.64. The predicted octanol–water partition coefficient (Wildman–Crippen LogP) is 3.01. The molecule has 1 aromatic carbocycles. The van der Waals surface area contributed by atoms with Crippen molar-refractivity contribution in [1.82, 2.24) is 9.55 Å². The van der Waals surface area contributed by atoms with Gasteiger partial charge in [-0.05, 0) is 31.4 Å². The van der Waals surface area contributed by atoms with E-state index in [0.717, 1.165) is 32.1 Å². The van der Waals surface area contributed by atoms with Gasteiger partial charge >= 0.3 is 5.69 Å². The summed E-state index contributed by atoms with van der Waals surface area (Å²) in [5, 5.41) is 10.9. The summed E-state index contributed by atoms with van der Waals surface area (Å²) in [5.74, 6) is 0.924. The number of H-pyrrole nitrogens is 1. The smallest absolute Gasteiger partial charge is 0.331 e. The van der Waals surface area contributed by atoms with Crippen LogP contribution in [0.15, 0.2) is 32.8 Å². The van der Waals surface area contributed by atoms with Gasteiger partial charge in [-0.2, -0.15) is 0 Å². The molecule has 1 aromatic heterocycles. The average Bonchev–Trinajstić information content (AvgIpc) is 3.15. The van der Waals surface area contributed by atoms with Crippen molar-refractivity contribution in [3.05, 3.63) is 44.6 Å². The highest BCUT2D eigenvalue weighted by Crippen LogP contribution is 2.36. The lowest BCUT2D eigenvalue weighted by atomic mass is 9.95. The van der Waals surface area contributed by atoms with Gasteiger partial charge in [0.25, 0.3) is 5.56 Å². The minimum Gasteiger partial charge on any atom is -0.494 e. The summed E-state index contributed by atoms with van der Waals surface area (Å²) < 4.78 is 12.0. The van der Waals surface area contributed by atoms with Crippen LogP contribution in [0.2, 0.25) is 0 Å². The van der Waals surface area contributed by atoms with Crippen molar-refractivity contribution in [1.29, 1.82) is 0 Å². The highest BCUT2D eigenvalue weighted by atomic mass is 16.7. The molecule has 1 aliphatic carbocycles. The van der Waals surface area contributed by atoms with Crippen molar-refractivity contribution >= 4 is 11.4 Å². The molecule has 28 heavy (non-hydrogen) atoms. The molecular weight excluding hydrogens is 362 g/mol. The summed E-state index contributed by atoms with van der Waals surface area (Å²) in [5.41, 5.74) is -0.171. The van der Waals surface area contributed by atoms with Crippen LogP contribution in [0.5, 0.6) is 17.4 Å². The van der Waals surface area contributed by atoms with Gasteiger partial charge in [0.05, 0.1) is 11.4 Å². The van der Waals surface area contributed by atoms with Crippen LogP contribution in [0, 0.1) is 0 Å². The molecule has 2 aromatic rings. The third-order valence-corrected chi connectivity index (χ3v) is 5.30. The molecule has 1 fully saturated rings. The van der Waals surface area contributed by atoms with Crippen molar-refractivity contribution in [3.63, 3.8) is 0 Å². The molecule has 0 atom stereocenters. The van der Waals surface area contributed by atoms with Crippen molar-refractivity contribution in [2.45, 2.75) is 51.5 Å². The number of aromatic hydroxyl groups is 1. The van der Waals surface area contributed by atoms with Gasteiger partial charge in [0.2, 0.25) is 12.7 Å². The van der Waals surface area contributed by atoms with Gasteiger partial charge in [0.1, 0.15) is 5.56 Å². The van der Waals surface area contributed by atoms with Gasteiger partial charge in [-0.15, -0.1) is 0 Å². The van der Waals surface area contributed by atoms with Crippen LogP contribution in [0.3, 0.4) is 0 Å². The Labute approximate surface area is 161 Å². The standard InChI is InChI=1S/C20H23N3O5/c1-2-14(21-12-8-9-15-16(10-12)28-11-27-15)17-18(24)22-20(26)23(19(17)25)13-6-4-3-5-7-13/h8-10,13,25H,2-7,11H2,1H3,(H,22,24,26). The average molecular weight is 385 g/mol. The lowest BCUT2D eigenvalue weighted by Crippen LogP contribution is -2.36. The van der Waals surface area contributed by atoms with Crippen LogP contribution in [0.25, 0.3) is 0 Å². The molecule has 0 spiro atoms. The monoisotopic (exact) mass is 385 g/mol. The van der Waals surface area contributed by atoms with E-state index in [0.29, 0.717) is 29.3 Å². The Hall–Kier alpha value is -3.03. The second-order valence-electron chi connectivity index (χ2n) is 7.07. The Balaban J connectivity index is 1.80. The molecule has 148 valence electrons. The molecule has 0 bridgehead atoms. The molecule has 8 nitrogen and oxygen atoms in total. The van der Waals surface area contributed by atoms with Crippen LogP contribution in [-0.2, 0) is 0 Å². The highest BCUT2D eigenvalue weighted by molar-refractivity contribution is 6.03. The first-order chi connectivity index (χ1) is 13.6. The molecule has 1 saturated carbocycles. The van der Waals surface area contributed by atoms with Crippen molar-refractivity contribution in [2.24, 2.45) is 4.99 Å². The Morgan fingerprint density at radius 1 is 1.21 bits per heavy atom. The molecule has 2 aliphatic rings. The van der Waals surface area contributed by atoms with Crippen molar-refractivity contribution in [2.75, 3.05) is 6.79 Å². The van der Waals surface area contributed by atoms with Crippen molar-refractivity contribution in [3.8, 4) is 17.4 Å². The molecule has 0 radical (unpaired) electrons. The zero-order chi connectivity index (χ0) is 19.7. The van der Waals surface area contributed by atoms with E-state index in [4.69, 9.17) is 9.47 Å². The van der Waals surface area contributed by atoms with Gasteiger partial charge in [-0.3, -0.25) is 19.3 Å². The van der Waals surface area contributed by atoms with Crippen LogP contribution in [0.4, 0.5) is 5.69 Å². The molecule has 0 amide bonds. The van der Waals surface area contributed by atoms with E-state index in [2.05, 4.69) is 9.98 Å². The van der Waals surface area contributed by atoms with Crippen LogP contribution < -0.4 is 20.7 Å². The lowest BCUT2D eigenvalue weighted by molar-refractivity contribution is 0.174. The van der Waals surface area contributed by atoms with E-state index >= 15 is 0 Å². The second-order valence-corrected chi connectivity index (χ2v) is 7.07. The largest absolute Gasteiger partial charge is 0.494 e. The molecular formula is C20H23N3O5. The summed E-state index contributed by atoms with van der Waals surface area (Å²) >= 11 is 0. The number of nitrogens with zero attached hydrogens (tertiary/aromatic N) is 2. The molecule has 0 unspecified atom stereocenters. The fourth-order valence-electron chi connectivity index (χ4n) is 3.90. The summed E-state index contributed by atoms with van der Waals surface area (Å²) in [6.45, 7) is 2.01. The lowest BCUT2D eigenvalue weighted by Gasteiger charge is -2.25. The fraction of sp³-hybridized carbons (Fsp3) is 0.450. The number of aromatic nitrogens is 2. The quantitative estimate of drug-likeness (QED) is 0.787. The Kier molecular flexibility index (Phi) is 4.93. The maximum atomic E-state index is 12.5. The van der Waals surface area contributed by atoms with Gasteiger partial charge in [-0.25, -0.2) is 4.79 Å². The predicted molar refractivity (Wildman–Crippen MR) is 104 cm³/mol. The number of nitrogens with one attached hydrogen (secondary N) is 1. The highest BCUT2D eigenvalue weighted by Gasteiger charge is 2.25. The number of rotatable bonds is 4. The first-order valence-corrected chi connectivity index (χ1v) is 9.64. The first kappa shape index (κ1) is 18.3. The molecule has 8 heteroatoms. The molecule has 0 saturated heterocycles. The zero-order valence-electron chi connectivity index (χ0n) is 15.7. The van der Waals surface area contributed by atoms with Crippen molar-refractivity contribution < 1.29 is 14.6 Å². The SMILES string of the molecule is CCC(=Nc1ccc2c(c1)OCO2)c1c(O)n(C2CCCCC2)c(=O)[nH]c1=O. The summed E-state index contributed by atoms with van der Waals surface area (Å²) in [6, 6.07) is 5.12. The number of hydrogen-bond donors (Lipinski definition) is 2. The van der Waals surface area contributed by atoms with E-state index < -0.39 is 11.2 Å². The third kappa shape index (κ3) is 3.30. The summed E-state index contributed by atoms with van der Waals surface area (Å²) in [4.78, 5) is 31.8. The van der Waals surface area contributed by atoms with Gasteiger partial charge in [-0.1, -0.05) is 26.2 Å². The topological polar surface area (TPSA) is 106 Å². The fourth-order valence-corrected chi connectivity index (χ4v) is 3.90. The van der Waals surface area contributed by atoms with Crippen LogP contribution in [0.1, 0.15) is 57.1 Å². The number of fused-ring (bicyclic) bond motifs is 1. The number of aromatic amines is 1. The summed E-state index contributed by atoms with van der Waals surface area (Å²) in [7, 11) is 0. The molecule has 4 rings (SSSR count). The second kappa shape index (κ2) is 7.53. The molecule has 2 N–H and O–H groups in total. The van der Waals surface area contributed by atoms with Gasteiger partial charge in [0.15, 0.2) is 11.5 Å². The van der Waals surface area contributed by atoms with E-state index in [1.54, 1.807) is 18.2 Å². The number of hydrogen-bond acceptors (Lipinski definition) is 6. The van der Waals surface area contributed by atoms with E-state index in [1.807, 2.05) is 6.92 Å². The number of aliphatic imine (C=N–C) groups is 1. The van der Waals surface area contributed by atoms with E-state index in [1.165, 1.54) is 4.57 Å². The Morgan fingerprint density at radius 2 is 1.96 bits per heavy atom. The molecule has 2 heterocycles. The minimum absolute atomic E-state index is 0.0466. The van der Waals surface area contributed by atoms with Gasteiger partial charge in [0, 0.05) is 12.1 Å². The third-order valence-electron chi connectivity index (χ3n) is 5.30. The minimum atomic E-state index is -0.629. The Bertz CT molecular complexity index is 1030. The van der Waals surface area contributed by atoms with E-state index in [-0.39, 0.29) is 24.3 Å². The Morgan fingerprint density at radius 3 is 2.71 bits per heavy atom. The zero-order valence-corrected chi connectivity index (χ0v) is 15.7. The maximum absolute atomic E-state index is 12.5. The number of benzene rings is 1. The maximum Gasteiger partial charge on any atom is 0.331 e. The normalized spacial score (nSPS) is 17.1. The van der Waals surface area contributed by atoms with E-state index in [9.17, 15) is 14.7 Å². The summed E-state index contributed by atoms with van der Waals surface area (Å²) in [6.07, 6.45) is 5.13. The van der Waals surface area contributed by atoms with Crippen LogP contribution >= 0.6 is 0 Å². The van der Waals surface area contributed by atoms with Gasteiger partial charge < -0.3 is 14.6 Å². The van der Waals surface area contributed by atoms with Crippen LogP contribution in [-0.4, -0.2) is 27.2 Å². The number of ether oxygens (including phenoxy) is 2.